The van der Waals surface area contributed by atoms with Crippen molar-refractivity contribution in [2.75, 3.05) is 5.32 Å². The van der Waals surface area contributed by atoms with Crippen LogP contribution < -0.4 is 10.1 Å². The number of hydrogen-bond acceptors (Lipinski definition) is 3. The van der Waals surface area contributed by atoms with Crippen molar-refractivity contribution in [1.29, 1.82) is 5.26 Å². The van der Waals surface area contributed by atoms with Crippen molar-refractivity contribution >= 4 is 40.0 Å². The molecule has 0 saturated carbocycles. The monoisotopic (exact) mass is 466 g/mol. The van der Waals surface area contributed by atoms with Crippen molar-refractivity contribution in [2.24, 2.45) is 0 Å². The lowest BCUT2D eigenvalue weighted by atomic mass is 10.0. The van der Waals surface area contributed by atoms with Crippen LogP contribution in [0.15, 0.2) is 84.4 Å². The van der Waals surface area contributed by atoms with Gasteiger partial charge in [0, 0.05) is 21.8 Å². The highest BCUT2D eigenvalue weighted by Gasteiger charge is 2.15. The van der Waals surface area contributed by atoms with E-state index in [9.17, 15) is 10.1 Å². The number of nitrogens with one attached hydrogen (secondary N) is 1. The first-order valence-corrected chi connectivity index (χ1v) is 11.2. The number of hydrogen-bond donors (Lipinski definition) is 1. The van der Waals surface area contributed by atoms with Crippen LogP contribution in [0.25, 0.3) is 16.8 Å². The number of anilines is 1. The number of nitrogens with zero attached hydrogens (tertiary/aromatic N) is 1. The number of amides is 1. The van der Waals surface area contributed by atoms with Crippen LogP contribution in [0.4, 0.5) is 5.69 Å². The molecular weight excluding hydrogens is 444 g/mol. The maximum Gasteiger partial charge on any atom is 0.266 e. The molecule has 1 amide bonds. The zero-order chi connectivity index (χ0) is 24.1. The molecule has 1 N–H and O–H groups in total. The number of carbonyl (C=O) groups excluding carboxylic acids is 1. The second-order valence-electron chi connectivity index (χ2n) is 7.97. The van der Waals surface area contributed by atoms with Crippen LogP contribution in [-0.4, -0.2) is 5.91 Å². The molecule has 0 radical (unpaired) electrons. The average molecular weight is 467 g/mol. The summed E-state index contributed by atoms with van der Waals surface area (Å²) in [5.41, 5.74) is 4.07. The molecule has 4 aromatic rings. The third-order valence-electron chi connectivity index (χ3n) is 5.65. The maximum atomic E-state index is 13.1. The van der Waals surface area contributed by atoms with Gasteiger partial charge >= 0.3 is 0 Å². The van der Waals surface area contributed by atoms with E-state index in [0.29, 0.717) is 22.0 Å². The van der Waals surface area contributed by atoms with Crippen LogP contribution in [0.3, 0.4) is 0 Å². The number of para-hydroxylation sites is 1. The molecule has 0 unspecified atom stereocenters. The maximum absolute atomic E-state index is 13.1. The Hall–Kier alpha value is -4.07. The second kappa shape index (κ2) is 10.2. The molecular formula is C29H23ClN2O2. The molecule has 168 valence electrons. The Labute approximate surface area is 204 Å². The van der Waals surface area contributed by atoms with Gasteiger partial charge in [0.2, 0.25) is 0 Å². The molecule has 4 aromatic carbocycles. The first-order valence-electron chi connectivity index (χ1n) is 10.8. The van der Waals surface area contributed by atoms with E-state index in [1.165, 1.54) is 0 Å². The minimum Gasteiger partial charge on any atom is -0.488 e. The third kappa shape index (κ3) is 4.96. The lowest BCUT2D eigenvalue weighted by Gasteiger charge is -2.14. The number of nitriles is 1. The van der Waals surface area contributed by atoms with E-state index in [1.807, 2.05) is 92.7 Å². The Morgan fingerprint density at radius 3 is 2.41 bits per heavy atom. The van der Waals surface area contributed by atoms with Crippen molar-refractivity contribution < 1.29 is 9.53 Å². The van der Waals surface area contributed by atoms with Gasteiger partial charge in [0.05, 0.1) is 0 Å². The first-order chi connectivity index (χ1) is 16.5. The molecule has 34 heavy (non-hydrogen) atoms. The van der Waals surface area contributed by atoms with Crippen LogP contribution >= 0.6 is 11.6 Å². The molecule has 0 spiro atoms. The topological polar surface area (TPSA) is 62.1 Å². The summed E-state index contributed by atoms with van der Waals surface area (Å²) < 4.78 is 6.12. The van der Waals surface area contributed by atoms with Crippen LogP contribution in [0.1, 0.15) is 22.3 Å². The largest absolute Gasteiger partial charge is 0.488 e. The lowest BCUT2D eigenvalue weighted by molar-refractivity contribution is -0.112. The molecule has 0 aliphatic rings. The summed E-state index contributed by atoms with van der Waals surface area (Å²) in [5, 5.41) is 15.2. The summed E-state index contributed by atoms with van der Waals surface area (Å²) in [7, 11) is 0. The van der Waals surface area contributed by atoms with Crippen molar-refractivity contribution in [3.63, 3.8) is 0 Å². The molecule has 4 nitrogen and oxygen atoms in total. The molecule has 0 aliphatic heterocycles. The molecule has 0 atom stereocenters. The third-order valence-corrected chi connectivity index (χ3v) is 6.01. The van der Waals surface area contributed by atoms with E-state index in [4.69, 9.17) is 16.3 Å². The summed E-state index contributed by atoms with van der Waals surface area (Å²) in [6.45, 7) is 4.10. The van der Waals surface area contributed by atoms with Crippen LogP contribution in [-0.2, 0) is 11.4 Å². The van der Waals surface area contributed by atoms with Crippen LogP contribution in [0, 0.1) is 25.2 Å². The van der Waals surface area contributed by atoms with Crippen molar-refractivity contribution in [3.8, 4) is 11.8 Å². The molecule has 0 fully saturated rings. The molecule has 0 aromatic heterocycles. The van der Waals surface area contributed by atoms with Gasteiger partial charge < -0.3 is 10.1 Å². The van der Waals surface area contributed by atoms with E-state index in [-0.39, 0.29) is 12.2 Å². The van der Waals surface area contributed by atoms with E-state index in [1.54, 1.807) is 6.08 Å². The Morgan fingerprint density at radius 2 is 1.68 bits per heavy atom. The van der Waals surface area contributed by atoms with Gasteiger partial charge in [0.25, 0.3) is 5.91 Å². The molecule has 5 heteroatoms. The van der Waals surface area contributed by atoms with Gasteiger partial charge in [0.1, 0.15) is 24.0 Å². The number of ether oxygens (including phenoxy) is 1. The van der Waals surface area contributed by atoms with E-state index >= 15 is 0 Å². The Morgan fingerprint density at radius 1 is 0.971 bits per heavy atom. The fourth-order valence-corrected chi connectivity index (χ4v) is 4.00. The number of carbonyl (C=O) groups is 1. The van der Waals surface area contributed by atoms with Crippen LogP contribution in [0.2, 0.25) is 5.02 Å². The Balaban J connectivity index is 1.73. The van der Waals surface area contributed by atoms with Gasteiger partial charge in [-0.25, -0.2) is 0 Å². The molecule has 4 rings (SSSR count). The number of halogens is 1. The highest BCUT2D eigenvalue weighted by molar-refractivity contribution is 6.31. The van der Waals surface area contributed by atoms with Gasteiger partial charge in [-0.1, -0.05) is 78.3 Å². The minimum atomic E-state index is -0.468. The zero-order valence-corrected chi connectivity index (χ0v) is 19.7. The van der Waals surface area contributed by atoms with Gasteiger partial charge in [0.15, 0.2) is 0 Å². The Kier molecular flexibility index (Phi) is 6.96. The second-order valence-corrected chi connectivity index (χ2v) is 8.38. The Bertz CT molecular complexity index is 1430. The number of benzene rings is 4. The SMILES string of the molecule is Cc1cccc(C)c1NC(=O)/C(C#N)=C\c1c(OCc2ccccc2Cl)ccc2ccccc12. The summed E-state index contributed by atoms with van der Waals surface area (Å²) in [5.74, 6) is 0.0936. The van der Waals surface area contributed by atoms with Crippen molar-refractivity contribution in [1.82, 2.24) is 0 Å². The van der Waals surface area contributed by atoms with Gasteiger partial charge in [-0.2, -0.15) is 5.26 Å². The summed E-state index contributed by atoms with van der Waals surface area (Å²) in [6.07, 6.45) is 1.59. The molecule has 0 bridgehead atoms. The number of fused-ring (bicyclic) bond motifs is 1. The van der Waals surface area contributed by atoms with Crippen molar-refractivity contribution in [2.45, 2.75) is 20.5 Å². The summed E-state index contributed by atoms with van der Waals surface area (Å²) in [6, 6.07) is 26.9. The number of rotatable bonds is 6. The lowest BCUT2D eigenvalue weighted by Crippen LogP contribution is -2.15. The molecule has 0 saturated heterocycles. The summed E-state index contributed by atoms with van der Waals surface area (Å²) in [4.78, 5) is 13.1. The predicted octanol–water partition coefficient (Wildman–Crippen LogP) is 7.23. The normalized spacial score (nSPS) is 11.2. The fraction of sp³-hybridized carbons (Fsp3) is 0.103. The fourth-order valence-electron chi connectivity index (χ4n) is 3.81. The smallest absolute Gasteiger partial charge is 0.266 e. The standard InChI is InChI=1S/C29H23ClN2O2/c1-19-8-7-9-20(2)28(19)32-29(33)23(17-31)16-25-24-12-5-3-10-21(24)14-15-27(25)34-18-22-11-4-6-13-26(22)30/h3-16H,18H2,1-2H3,(H,32,33)/b23-16-. The summed E-state index contributed by atoms with van der Waals surface area (Å²) >= 11 is 6.29. The van der Waals surface area contributed by atoms with E-state index < -0.39 is 5.91 Å². The number of aryl methyl sites for hydroxylation is 2. The average Bonchev–Trinajstić information content (AvgIpc) is 2.84. The molecule has 0 aliphatic carbocycles. The van der Waals surface area contributed by atoms with E-state index in [0.717, 1.165) is 27.5 Å². The highest BCUT2D eigenvalue weighted by Crippen LogP contribution is 2.32. The quantitative estimate of drug-likeness (QED) is 0.241. The van der Waals surface area contributed by atoms with Gasteiger partial charge in [-0.05, 0) is 54.0 Å². The highest BCUT2D eigenvalue weighted by atomic mass is 35.5. The van der Waals surface area contributed by atoms with Gasteiger partial charge in [-0.3, -0.25) is 4.79 Å². The molecule has 0 heterocycles. The zero-order valence-electron chi connectivity index (χ0n) is 18.9. The van der Waals surface area contributed by atoms with Crippen LogP contribution in [0.5, 0.6) is 5.75 Å². The van der Waals surface area contributed by atoms with E-state index in [2.05, 4.69) is 11.4 Å². The predicted molar refractivity (Wildman–Crippen MR) is 138 cm³/mol. The minimum absolute atomic E-state index is 0.0124. The van der Waals surface area contributed by atoms with Crippen molar-refractivity contribution in [3.05, 3.63) is 112 Å². The first kappa shape index (κ1) is 23.1. The van der Waals surface area contributed by atoms with Gasteiger partial charge in [-0.15, -0.1) is 0 Å².